The van der Waals surface area contributed by atoms with Gasteiger partial charge < -0.3 is 4.74 Å². The molecule has 0 N–H and O–H groups in total. The molecule has 19 heavy (non-hydrogen) atoms. The molecule has 1 aromatic carbocycles. The first-order chi connectivity index (χ1) is 9.31. The molecule has 0 aliphatic rings. The molecule has 0 aliphatic heterocycles. The Hall–Kier alpha value is -1.82. The molecular formula is C16H21NO2. The van der Waals surface area contributed by atoms with E-state index >= 15 is 0 Å². The third kappa shape index (κ3) is 5.56. The minimum Gasteiger partial charge on any atom is -0.492 e. The quantitative estimate of drug-likeness (QED) is 0.495. The van der Waals surface area contributed by atoms with Gasteiger partial charge in [-0.25, -0.2) is 0 Å². The summed E-state index contributed by atoms with van der Waals surface area (Å²) < 4.78 is 5.60. The summed E-state index contributed by atoms with van der Waals surface area (Å²) in [4.78, 5) is 10.6. The number of nitriles is 1. The van der Waals surface area contributed by atoms with Gasteiger partial charge in [0.25, 0.3) is 0 Å². The number of ether oxygens (including phenoxy) is 1. The summed E-state index contributed by atoms with van der Waals surface area (Å²) in [6.45, 7) is 2.83. The van der Waals surface area contributed by atoms with Crippen LogP contribution in [-0.4, -0.2) is 12.9 Å². The van der Waals surface area contributed by atoms with Crippen molar-refractivity contribution in [2.75, 3.05) is 6.61 Å². The van der Waals surface area contributed by atoms with Crippen LogP contribution in [0, 0.1) is 11.3 Å². The second-order valence-electron chi connectivity index (χ2n) is 4.60. The minimum absolute atomic E-state index is 0.426. The third-order valence-electron chi connectivity index (χ3n) is 3.02. The monoisotopic (exact) mass is 259 g/mol. The van der Waals surface area contributed by atoms with E-state index in [0.29, 0.717) is 23.5 Å². The second-order valence-corrected chi connectivity index (χ2v) is 4.60. The summed E-state index contributed by atoms with van der Waals surface area (Å²) in [7, 11) is 0. The lowest BCUT2D eigenvalue weighted by Gasteiger charge is -2.08. The maximum atomic E-state index is 10.6. The minimum atomic E-state index is 0.426. The fraction of sp³-hybridized carbons (Fsp3) is 0.500. The van der Waals surface area contributed by atoms with Crippen LogP contribution >= 0.6 is 0 Å². The number of aldehydes is 1. The highest BCUT2D eigenvalue weighted by Gasteiger charge is 2.04. The number of hydrogen-bond acceptors (Lipinski definition) is 3. The van der Waals surface area contributed by atoms with Gasteiger partial charge in [-0.1, -0.05) is 39.0 Å². The zero-order valence-electron chi connectivity index (χ0n) is 11.5. The number of nitrogens with zero attached hydrogens (tertiary/aromatic N) is 1. The highest BCUT2D eigenvalue weighted by molar-refractivity contribution is 5.76. The molecule has 0 aromatic heterocycles. The lowest BCUT2D eigenvalue weighted by molar-refractivity contribution is 0.112. The van der Waals surface area contributed by atoms with Crippen molar-refractivity contribution in [1.82, 2.24) is 0 Å². The molecule has 0 unspecified atom stereocenters. The van der Waals surface area contributed by atoms with Crippen LogP contribution in [0.2, 0.25) is 0 Å². The number of rotatable bonds is 9. The van der Waals surface area contributed by atoms with E-state index in [0.717, 1.165) is 19.1 Å². The maximum absolute atomic E-state index is 10.6. The van der Waals surface area contributed by atoms with Gasteiger partial charge in [-0.15, -0.1) is 0 Å². The smallest absolute Gasteiger partial charge is 0.150 e. The Morgan fingerprint density at radius 3 is 2.63 bits per heavy atom. The van der Waals surface area contributed by atoms with E-state index < -0.39 is 0 Å². The Balaban J connectivity index is 2.33. The molecule has 0 saturated carbocycles. The van der Waals surface area contributed by atoms with Gasteiger partial charge in [-0.05, 0) is 24.6 Å². The van der Waals surface area contributed by atoms with Crippen LogP contribution in [0.15, 0.2) is 18.2 Å². The summed E-state index contributed by atoms with van der Waals surface area (Å²) >= 11 is 0. The average Bonchev–Trinajstić information content (AvgIpc) is 2.46. The van der Waals surface area contributed by atoms with Crippen molar-refractivity contribution in [1.29, 1.82) is 5.26 Å². The van der Waals surface area contributed by atoms with Gasteiger partial charge in [0.2, 0.25) is 0 Å². The van der Waals surface area contributed by atoms with E-state index in [2.05, 4.69) is 13.0 Å². The van der Waals surface area contributed by atoms with Crippen molar-refractivity contribution < 1.29 is 9.53 Å². The lowest BCUT2D eigenvalue weighted by atomic mass is 10.1. The number of hydrogen-bond donors (Lipinski definition) is 0. The molecule has 0 atom stereocenters. The van der Waals surface area contributed by atoms with Gasteiger partial charge in [0, 0.05) is 5.56 Å². The summed E-state index contributed by atoms with van der Waals surface area (Å²) in [5.41, 5.74) is 0.930. The van der Waals surface area contributed by atoms with Crippen molar-refractivity contribution in [2.45, 2.75) is 45.4 Å². The number of benzene rings is 1. The van der Waals surface area contributed by atoms with E-state index in [-0.39, 0.29) is 0 Å². The molecule has 0 spiro atoms. The molecular weight excluding hydrogens is 238 g/mol. The highest BCUT2D eigenvalue weighted by Crippen LogP contribution is 2.19. The van der Waals surface area contributed by atoms with Gasteiger partial charge in [0.15, 0.2) is 0 Å². The molecule has 0 bridgehead atoms. The largest absolute Gasteiger partial charge is 0.492 e. The van der Waals surface area contributed by atoms with Crippen molar-refractivity contribution >= 4 is 6.29 Å². The molecule has 0 heterocycles. The molecule has 0 aliphatic carbocycles. The predicted molar refractivity (Wildman–Crippen MR) is 75.4 cm³/mol. The van der Waals surface area contributed by atoms with Crippen LogP contribution in [0.25, 0.3) is 0 Å². The van der Waals surface area contributed by atoms with Crippen LogP contribution in [0.3, 0.4) is 0 Å². The van der Waals surface area contributed by atoms with E-state index in [9.17, 15) is 4.79 Å². The summed E-state index contributed by atoms with van der Waals surface area (Å²) in [6.07, 6.45) is 7.98. The van der Waals surface area contributed by atoms with E-state index in [1.165, 1.54) is 25.7 Å². The van der Waals surface area contributed by atoms with Gasteiger partial charge in [-0.2, -0.15) is 5.26 Å². The number of carbonyl (C=O) groups is 1. The SMILES string of the molecule is CCCCCCCCOc1ccc(C=O)cc1C#N. The molecule has 1 rings (SSSR count). The first kappa shape index (κ1) is 15.2. The van der Waals surface area contributed by atoms with Crippen LogP contribution in [0.4, 0.5) is 0 Å². The molecule has 0 radical (unpaired) electrons. The Kier molecular flexibility index (Phi) is 7.34. The first-order valence-corrected chi connectivity index (χ1v) is 6.94. The van der Waals surface area contributed by atoms with Gasteiger partial charge in [-0.3, -0.25) is 4.79 Å². The van der Waals surface area contributed by atoms with Crippen LogP contribution in [0.5, 0.6) is 5.75 Å². The Labute approximate surface area is 115 Å². The zero-order chi connectivity index (χ0) is 13.9. The van der Waals surface area contributed by atoms with Crippen molar-refractivity contribution in [3.8, 4) is 11.8 Å². The average molecular weight is 259 g/mol. The van der Waals surface area contributed by atoms with Crippen molar-refractivity contribution in [2.24, 2.45) is 0 Å². The van der Waals surface area contributed by atoms with E-state index in [1.807, 2.05) is 0 Å². The van der Waals surface area contributed by atoms with Gasteiger partial charge in [0.1, 0.15) is 18.1 Å². The van der Waals surface area contributed by atoms with Crippen LogP contribution < -0.4 is 4.74 Å². The Bertz CT molecular complexity index is 435. The standard InChI is InChI=1S/C16H21NO2/c1-2-3-4-5-6-7-10-19-16-9-8-14(13-18)11-15(16)12-17/h8-9,11,13H,2-7,10H2,1H3. The fourth-order valence-electron chi connectivity index (χ4n) is 1.90. The maximum Gasteiger partial charge on any atom is 0.150 e. The summed E-state index contributed by atoms with van der Waals surface area (Å²) in [5.74, 6) is 0.571. The normalized spacial score (nSPS) is 9.89. The molecule has 1 aromatic rings. The topological polar surface area (TPSA) is 50.1 Å². The second kappa shape index (κ2) is 9.16. The summed E-state index contributed by atoms with van der Waals surface area (Å²) in [5, 5.41) is 8.99. The van der Waals surface area contributed by atoms with Crippen molar-refractivity contribution in [3.05, 3.63) is 29.3 Å². The van der Waals surface area contributed by atoms with E-state index in [4.69, 9.17) is 10.00 Å². The third-order valence-corrected chi connectivity index (χ3v) is 3.02. The first-order valence-electron chi connectivity index (χ1n) is 6.94. The Morgan fingerprint density at radius 1 is 1.21 bits per heavy atom. The molecule has 3 nitrogen and oxygen atoms in total. The van der Waals surface area contributed by atoms with Gasteiger partial charge in [0.05, 0.1) is 12.2 Å². The summed E-state index contributed by atoms with van der Waals surface area (Å²) in [6, 6.07) is 6.98. The zero-order valence-corrected chi connectivity index (χ0v) is 11.5. The molecule has 102 valence electrons. The highest BCUT2D eigenvalue weighted by atomic mass is 16.5. The van der Waals surface area contributed by atoms with Crippen molar-refractivity contribution in [3.63, 3.8) is 0 Å². The van der Waals surface area contributed by atoms with E-state index in [1.54, 1.807) is 18.2 Å². The van der Waals surface area contributed by atoms with Crippen LogP contribution in [-0.2, 0) is 0 Å². The lowest BCUT2D eigenvalue weighted by Crippen LogP contribution is -1.99. The molecule has 0 saturated heterocycles. The Morgan fingerprint density at radius 2 is 1.95 bits per heavy atom. The molecule has 0 fully saturated rings. The van der Waals surface area contributed by atoms with Crippen LogP contribution in [0.1, 0.15) is 61.4 Å². The number of unbranched alkanes of at least 4 members (excludes halogenated alkanes) is 5. The number of carbonyl (C=O) groups excluding carboxylic acids is 1. The predicted octanol–water partition coefficient (Wildman–Crippen LogP) is 4.11. The molecule has 0 amide bonds. The fourth-order valence-corrected chi connectivity index (χ4v) is 1.90. The molecule has 3 heteroatoms. The van der Waals surface area contributed by atoms with Gasteiger partial charge >= 0.3 is 0 Å².